The van der Waals surface area contributed by atoms with Crippen LogP contribution < -0.4 is 14.9 Å². The maximum absolute atomic E-state index is 13.1. The molecule has 3 aromatic carbocycles. The molecule has 1 saturated heterocycles. The number of nitrogens with zero attached hydrogens (tertiary/aromatic N) is 2. The van der Waals surface area contributed by atoms with E-state index in [0.717, 1.165) is 48.1 Å². The van der Waals surface area contributed by atoms with Gasteiger partial charge in [-0.25, -0.2) is 0 Å². The van der Waals surface area contributed by atoms with Gasteiger partial charge < -0.3 is 9.47 Å². The summed E-state index contributed by atoms with van der Waals surface area (Å²) in [7, 11) is 3.25. The Bertz CT molecular complexity index is 1200. The molecule has 0 aromatic heterocycles. The second kappa shape index (κ2) is 11.9. The highest BCUT2D eigenvalue weighted by Gasteiger charge is 2.27. The van der Waals surface area contributed by atoms with Crippen molar-refractivity contribution in [1.29, 1.82) is 0 Å². The first-order chi connectivity index (χ1) is 17.4. The summed E-state index contributed by atoms with van der Waals surface area (Å²) in [6.07, 6.45) is 0. The second-order valence-corrected chi connectivity index (χ2v) is 10.0. The Morgan fingerprint density at radius 2 is 1.39 bits per heavy atom. The van der Waals surface area contributed by atoms with Crippen LogP contribution in [-0.4, -0.2) is 50.2 Å². The van der Waals surface area contributed by atoms with E-state index in [2.05, 4.69) is 54.0 Å². The lowest BCUT2D eigenvalue weighted by Gasteiger charge is -2.39. The molecule has 1 unspecified atom stereocenters. The number of halogens is 1. The van der Waals surface area contributed by atoms with Crippen molar-refractivity contribution in [3.05, 3.63) is 104 Å². The molecule has 6 heteroatoms. The van der Waals surface area contributed by atoms with Gasteiger partial charge in [0.25, 0.3) is 0 Å². The van der Waals surface area contributed by atoms with Crippen LogP contribution in [0.4, 0.5) is 0 Å². The molecule has 1 atom stereocenters. The molecule has 1 heterocycles. The van der Waals surface area contributed by atoms with Gasteiger partial charge in [0.05, 0.1) is 20.3 Å². The standard InChI is InChI=1S/C30H35ClN2O3/c1-21(2)24-5-6-25(30(34)28(19-24)36-4)20-32-15-17-33(18-16-32)29(22-7-11-26(31)12-8-22)23-9-13-27(35-3)14-10-23/h5-14,19,21,29H,15-18,20H2,1-4H3. The van der Waals surface area contributed by atoms with Crippen LogP contribution in [-0.2, 0) is 6.54 Å². The number of ether oxygens (including phenoxy) is 2. The van der Waals surface area contributed by atoms with Gasteiger partial charge in [0, 0.05) is 43.3 Å². The molecule has 36 heavy (non-hydrogen) atoms. The Morgan fingerprint density at radius 1 is 0.806 bits per heavy atom. The monoisotopic (exact) mass is 506 g/mol. The van der Waals surface area contributed by atoms with Gasteiger partial charge in [-0.1, -0.05) is 61.8 Å². The molecule has 190 valence electrons. The van der Waals surface area contributed by atoms with Crippen molar-refractivity contribution >= 4 is 11.6 Å². The summed E-state index contributed by atoms with van der Waals surface area (Å²) in [5.41, 5.74) is 4.28. The maximum Gasteiger partial charge on any atom is 0.224 e. The van der Waals surface area contributed by atoms with Gasteiger partial charge >= 0.3 is 0 Å². The molecule has 5 nitrogen and oxygen atoms in total. The van der Waals surface area contributed by atoms with E-state index >= 15 is 0 Å². The van der Waals surface area contributed by atoms with Crippen molar-refractivity contribution in [2.75, 3.05) is 40.4 Å². The van der Waals surface area contributed by atoms with Crippen LogP contribution in [0.3, 0.4) is 0 Å². The number of methoxy groups -OCH3 is 2. The van der Waals surface area contributed by atoms with Gasteiger partial charge in [0.15, 0.2) is 5.75 Å². The van der Waals surface area contributed by atoms with Gasteiger partial charge in [-0.3, -0.25) is 14.6 Å². The Balaban J connectivity index is 1.53. The van der Waals surface area contributed by atoms with Gasteiger partial charge in [-0.2, -0.15) is 0 Å². The number of hydrogen-bond donors (Lipinski definition) is 0. The zero-order valence-electron chi connectivity index (χ0n) is 21.5. The SMILES string of the molecule is COc1ccc(C(c2ccc(Cl)cc2)N2CCN(Cc3ccc(C(C)C)cc(OC)c3=O)CC2)cc1. The molecule has 3 aromatic rings. The molecular weight excluding hydrogens is 472 g/mol. The minimum absolute atomic E-state index is 0.0240. The van der Waals surface area contributed by atoms with Crippen molar-refractivity contribution in [1.82, 2.24) is 9.80 Å². The van der Waals surface area contributed by atoms with Crippen molar-refractivity contribution in [2.45, 2.75) is 32.4 Å². The summed E-state index contributed by atoms with van der Waals surface area (Å²) in [5.74, 6) is 1.59. The van der Waals surface area contributed by atoms with Gasteiger partial charge in [0.2, 0.25) is 5.43 Å². The topological polar surface area (TPSA) is 42.0 Å². The molecule has 0 amide bonds. The smallest absolute Gasteiger partial charge is 0.224 e. The minimum Gasteiger partial charge on any atom is -0.497 e. The third-order valence-corrected chi connectivity index (χ3v) is 7.21. The highest BCUT2D eigenvalue weighted by Crippen LogP contribution is 2.31. The maximum atomic E-state index is 13.1. The fraction of sp³-hybridized carbons (Fsp3) is 0.367. The van der Waals surface area contributed by atoms with E-state index < -0.39 is 0 Å². The summed E-state index contributed by atoms with van der Waals surface area (Å²) >= 11 is 6.18. The summed E-state index contributed by atoms with van der Waals surface area (Å²) < 4.78 is 10.8. The first kappa shape index (κ1) is 26.2. The van der Waals surface area contributed by atoms with E-state index in [1.54, 1.807) is 14.2 Å². The molecule has 0 N–H and O–H groups in total. The minimum atomic E-state index is -0.0240. The van der Waals surface area contributed by atoms with Crippen LogP contribution in [0.1, 0.15) is 48.1 Å². The predicted octanol–water partition coefficient (Wildman–Crippen LogP) is 5.75. The van der Waals surface area contributed by atoms with Gasteiger partial charge in [-0.15, -0.1) is 0 Å². The van der Waals surface area contributed by atoms with Crippen LogP contribution in [0.2, 0.25) is 5.02 Å². The Hall–Kier alpha value is -2.86. The molecule has 4 rings (SSSR count). The number of rotatable bonds is 8. The Morgan fingerprint density at radius 3 is 1.94 bits per heavy atom. The molecule has 0 radical (unpaired) electrons. The van der Waals surface area contributed by atoms with Crippen molar-refractivity contribution in [3.8, 4) is 11.5 Å². The molecule has 1 aliphatic rings. The average Bonchev–Trinajstić information content (AvgIpc) is 3.05. The molecule has 0 spiro atoms. The molecule has 0 saturated carbocycles. The molecule has 0 aliphatic carbocycles. The fourth-order valence-corrected chi connectivity index (χ4v) is 4.92. The van der Waals surface area contributed by atoms with E-state index in [4.69, 9.17) is 21.1 Å². The second-order valence-electron chi connectivity index (χ2n) is 9.59. The van der Waals surface area contributed by atoms with E-state index in [-0.39, 0.29) is 11.5 Å². The van der Waals surface area contributed by atoms with Crippen LogP contribution in [0.15, 0.2) is 71.5 Å². The number of piperazine rings is 1. The average molecular weight is 507 g/mol. The molecule has 1 fully saturated rings. The van der Waals surface area contributed by atoms with Crippen molar-refractivity contribution < 1.29 is 9.47 Å². The third kappa shape index (κ3) is 6.09. The van der Waals surface area contributed by atoms with E-state index in [0.29, 0.717) is 18.2 Å². The van der Waals surface area contributed by atoms with Crippen LogP contribution in [0.5, 0.6) is 11.5 Å². The summed E-state index contributed by atoms with van der Waals surface area (Å²) in [6, 6.07) is 22.4. The normalized spacial score (nSPS) is 15.6. The fourth-order valence-electron chi connectivity index (χ4n) is 4.80. The van der Waals surface area contributed by atoms with Gasteiger partial charge in [0.1, 0.15) is 5.75 Å². The Labute approximate surface area is 219 Å². The summed E-state index contributed by atoms with van der Waals surface area (Å²) in [4.78, 5) is 17.9. The van der Waals surface area contributed by atoms with E-state index in [1.807, 2.05) is 36.4 Å². The van der Waals surface area contributed by atoms with E-state index in [9.17, 15) is 4.79 Å². The van der Waals surface area contributed by atoms with Crippen molar-refractivity contribution in [2.24, 2.45) is 0 Å². The molecule has 1 aliphatic heterocycles. The predicted molar refractivity (Wildman–Crippen MR) is 146 cm³/mol. The first-order valence-corrected chi connectivity index (χ1v) is 12.8. The van der Waals surface area contributed by atoms with Crippen LogP contribution >= 0.6 is 11.6 Å². The quantitative estimate of drug-likeness (QED) is 0.389. The zero-order chi connectivity index (χ0) is 25.7. The molecular formula is C30H35ClN2O3. The third-order valence-electron chi connectivity index (χ3n) is 6.96. The van der Waals surface area contributed by atoms with Crippen LogP contribution in [0, 0.1) is 0 Å². The first-order valence-electron chi connectivity index (χ1n) is 12.5. The summed E-state index contributed by atoms with van der Waals surface area (Å²) in [6.45, 7) is 8.39. The highest BCUT2D eigenvalue weighted by molar-refractivity contribution is 6.30. The van der Waals surface area contributed by atoms with E-state index in [1.165, 1.54) is 11.1 Å². The molecule has 0 bridgehead atoms. The largest absolute Gasteiger partial charge is 0.497 e. The van der Waals surface area contributed by atoms with Crippen molar-refractivity contribution in [3.63, 3.8) is 0 Å². The summed E-state index contributed by atoms with van der Waals surface area (Å²) in [5, 5.41) is 0.734. The highest BCUT2D eigenvalue weighted by atomic mass is 35.5. The number of benzene rings is 2. The zero-order valence-corrected chi connectivity index (χ0v) is 22.3. The lowest BCUT2D eigenvalue weighted by atomic mass is 9.96. The van der Waals surface area contributed by atoms with Crippen LogP contribution in [0.25, 0.3) is 0 Å². The lowest BCUT2D eigenvalue weighted by molar-refractivity contribution is 0.104. The lowest BCUT2D eigenvalue weighted by Crippen LogP contribution is -2.47. The number of hydrogen-bond acceptors (Lipinski definition) is 5. The van der Waals surface area contributed by atoms with Gasteiger partial charge in [-0.05, 0) is 52.9 Å². The Kier molecular flexibility index (Phi) is 8.68.